The van der Waals surface area contributed by atoms with Gasteiger partial charge in [0, 0.05) is 12.1 Å². The summed E-state index contributed by atoms with van der Waals surface area (Å²) in [4.78, 5) is 23.1. The molecule has 1 atom stereocenters. The Labute approximate surface area is 167 Å². The Hall–Kier alpha value is -4.18. The lowest BCUT2D eigenvalue weighted by molar-refractivity contribution is -0.384. The molecule has 1 aromatic heterocycles. The zero-order valence-corrected chi connectivity index (χ0v) is 15.5. The van der Waals surface area contributed by atoms with Gasteiger partial charge in [0.05, 0.1) is 16.5 Å². The van der Waals surface area contributed by atoms with Crippen LogP contribution in [0.15, 0.2) is 76.7 Å². The van der Waals surface area contributed by atoms with Crippen molar-refractivity contribution < 1.29 is 14.1 Å². The van der Waals surface area contributed by atoms with E-state index in [4.69, 9.17) is 4.42 Å². The van der Waals surface area contributed by atoms with E-state index in [0.29, 0.717) is 5.56 Å². The van der Waals surface area contributed by atoms with Gasteiger partial charge in [-0.2, -0.15) is 5.26 Å². The summed E-state index contributed by atoms with van der Waals surface area (Å²) in [6.45, 7) is 1.82. The molecule has 1 amide bonds. The van der Waals surface area contributed by atoms with E-state index in [1.165, 1.54) is 12.1 Å². The van der Waals surface area contributed by atoms with Gasteiger partial charge in [-0.05, 0) is 30.7 Å². The lowest BCUT2D eigenvalue weighted by Gasteiger charge is -2.13. The van der Waals surface area contributed by atoms with Gasteiger partial charge in [-0.15, -0.1) is 0 Å². The van der Waals surface area contributed by atoms with Crippen LogP contribution in [0.4, 0.5) is 5.69 Å². The Morgan fingerprint density at radius 1 is 1.14 bits per heavy atom. The molecule has 7 heteroatoms. The lowest BCUT2D eigenvalue weighted by Crippen LogP contribution is -2.27. The van der Waals surface area contributed by atoms with Crippen molar-refractivity contribution >= 4 is 17.7 Å². The smallest absolute Gasteiger partial charge is 0.280 e. The largest absolute Gasteiger partial charge is 0.456 e. The number of nitrogens with one attached hydrogen (secondary N) is 1. The fourth-order valence-corrected chi connectivity index (χ4v) is 2.81. The molecule has 0 spiro atoms. The molecule has 0 aliphatic rings. The Morgan fingerprint density at radius 3 is 2.52 bits per heavy atom. The molecule has 0 radical (unpaired) electrons. The van der Waals surface area contributed by atoms with Crippen molar-refractivity contribution in [3.05, 3.63) is 93.7 Å². The van der Waals surface area contributed by atoms with Gasteiger partial charge in [0.2, 0.25) is 0 Å². The Bertz CT molecular complexity index is 1110. The maximum absolute atomic E-state index is 12.4. The van der Waals surface area contributed by atoms with Gasteiger partial charge < -0.3 is 9.73 Å². The predicted molar refractivity (Wildman–Crippen MR) is 107 cm³/mol. The number of nitriles is 1. The SMILES string of the molecule is C[C@@H](NC(=O)/C(C#N)=C/c1ccc(-c2ccccc2[N+](=O)[O-])o1)c1ccccc1. The summed E-state index contributed by atoms with van der Waals surface area (Å²) in [7, 11) is 0. The number of hydrogen-bond donors (Lipinski definition) is 1. The minimum atomic E-state index is -0.535. The van der Waals surface area contributed by atoms with Gasteiger partial charge >= 0.3 is 0 Å². The van der Waals surface area contributed by atoms with Crippen molar-refractivity contribution in [1.82, 2.24) is 5.32 Å². The Kier molecular flexibility index (Phi) is 5.85. The first-order chi connectivity index (χ1) is 14.0. The van der Waals surface area contributed by atoms with Crippen LogP contribution < -0.4 is 5.32 Å². The number of nitro groups is 1. The third-order valence-corrected chi connectivity index (χ3v) is 4.29. The summed E-state index contributed by atoms with van der Waals surface area (Å²) >= 11 is 0. The van der Waals surface area contributed by atoms with Crippen molar-refractivity contribution in [2.45, 2.75) is 13.0 Å². The highest BCUT2D eigenvalue weighted by atomic mass is 16.6. The molecule has 0 bridgehead atoms. The first-order valence-electron chi connectivity index (χ1n) is 8.81. The van der Waals surface area contributed by atoms with E-state index in [2.05, 4.69) is 5.32 Å². The standard InChI is InChI=1S/C22H17N3O4/c1-15(16-7-3-2-4-8-16)24-22(26)17(14-23)13-18-11-12-21(29-18)19-9-5-6-10-20(19)25(27)28/h2-13,15H,1H3,(H,24,26)/b17-13+/t15-/m1/s1. The molecule has 0 aliphatic heterocycles. The molecule has 0 fully saturated rings. The van der Waals surface area contributed by atoms with E-state index in [1.807, 2.05) is 43.3 Å². The summed E-state index contributed by atoms with van der Waals surface area (Å²) in [6, 6.07) is 20.3. The molecule has 29 heavy (non-hydrogen) atoms. The van der Waals surface area contributed by atoms with Gasteiger partial charge in [-0.1, -0.05) is 42.5 Å². The number of nitro benzene ring substituents is 1. The Morgan fingerprint density at radius 2 is 1.83 bits per heavy atom. The van der Waals surface area contributed by atoms with Crippen LogP contribution in [0.2, 0.25) is 0 Å². The molecule has 1 heterocycles. The average Bonchev–Trinajstić information content (AvgIpc) is 3.21. The van der Waals surface area contributed by atoms with Crippen molar-refractivity contribution in [2.75, 3.05) is 0 Å². The van der Waals surface area contributed by atoms with Crippen molar-refractivity contribution in [3.8, 4) is 17.4 Å². The average molecular weight is 387 g/mol. The van der Waals surface area contributed by atoms with E-state index >= 15 is 0 Å². The molecule has 0 unspecified atom stereocenters. The Balaban J connectivity index is 1.81. The van der Waals surface area contributed by atoms with Crippen molar-refractivity contribution in [1.29, 1.82) is 5.26 Å². The van der Waals surface area contributed by atoms with Crippen LogP contribution in [0.3, 0.4) is 0 Å². The van der Waals surface area contributed by atoms with Crippen LogP contribution in [-0.2, 0) is 4.79 Å². The van der Waals surface area contributed by atoms with Crippen LogP contribution in [-0.4, -0.2) is 10.8 Å². The molecule has 0 aliphatic carbocycles. The van der Waals surface area contributed by atoms with Crippen LogP contribution >= 0.6 is 0 Å². The number of nitrogens with zero attached hydrogens (tertiary/aromatic N) is 2. The molecular formula is C22H17N3O4. The van der Waals surface area contributed by atoms with Crippen LogP contribution in [0.5, 0.6) is 0 Å². The third kappa shape index (κ3) is 4.57. The summed E-state index contributed by atoms with van der Waals surface area (Å²) in [5.41, 5.74) is 1.01. The second-order valence-corrected chi connectivity index (χ2v) is 6.25. The molecule has 0 saturated heterocycles. The number of furan rings is 1. The zero-order valence-electron chi connectivity index (χ0n) is 15.5. The second kappa shape index (κ2) is 8.67. The maximum Gasteiger partial charge on any atom is 0.280 e. The molecule has 1 N–H and O–H groups in total. The number of carbonyl (C=O) groups is 1. The van der Waals surface area contributed by atoms with Gasteiger partial charge in [-0.3, -0.25) is 14.9 Å². The number of benzene rings is 2. The highest BCUT2D eigenvalue weighted by Crippen LogP contribution is 2.31. The molecule has 3 aromatic rings. The fraction of sp³-hybridized carbons (Fsp3) is 0.0909. The predicted octanol–water partition coefficient (Wildman–Crippen LogP) is 4.64. The van der Waals surface area contributed by atoms with Crippen LogP contribution in [0.25, 0.3) is 17.4 Å². The topological polar surface area (TPSA) is 109 Å². The minimum Gasteiger partial charge on any atom is -0.456 e. The first kappa shape index (κ1) is 19.6. The van der Waals surface area contributed by atoms with Crippen molar-refractivity contribution in [2.24, 2.45) is 0 Å². The van der Waals surface area contributed by atoms with E-state index in [0.717, 1.165) is 5.56 Å². The lowest BCUT2D eigenvalue weighted by atomic mass is 10.1. The normalized spacial score (nSPS) is 12.1. The van der Waals surface area contributed by atoms with Crippen LogP contribution in [0, 0.1) is 21.4 Å². The summed E-state index contributed by atoms with van der Waals surface area (Å²) in [5.74, 6) is -0.0105. The molecule has 3 rings (SSSR count). The fourth-order valence-electron chi connectivity index (χ4n) is 2.81. The monoisotopic (exact) mass is 387 g/mol. The first-order valence-corrected chi connectivity index (χ1v) is 8.81. The van der Waals surface area contributed by atoms with E-state index in [1.54, 1.807) is 30.3 Å². The van der Waals surface area contributed by atoms with Gasteiger partial charge in [0.15, 0.2) is 0 Å². The molecule has 0 saturated carbocycles. The quantitative estimate of drug-likeness (QED) is 0.287. The van der Waals surface area contributed by atoms with Crippen LogP contribution in [0.1, 0.15) is 24.3 Å². The minimum absolute atomic E-state index is 0.0904. The highest BCUT2D eigenvalue weighted by molar-refractivity contribution is 6.01. The molecular weight excluding hydrogens is 370 g/mol. The van der Waals surface area contributed by atoms with Gasteiger partial charge in [-0.25, -0.2) is 0 Å². The number of carbonyl (C=O) groups excluding carboxylic acids is 1. The summed E-state index contributed by atoms with van der Waals surface area (Å²) in [5, 5.41) is 23.3. The highest BCUT2D eigenvalue weighted by Gasteiger charge is 2.18. The number of rotatable bonds is 6. The molecule has 7 nitrogen and oxygen atoms in total. The summed E-state index contributed by atoms with van der Waals surface area (Å²) < 4.78 is 5.62. The second-order valence-electron chi connectivity index (χ2n) is 6.25. The summed E-state index contributed by atoms with van der Waals surface area (Å²) in [6.07, 6.45) is 1.31. The maximum atomic E-state index is 12.4. The third-order valence-electron chi connectivity index (χ3n) is 4.29. The molecule has 2 aromatic carbocycles. The van der Waals surface area contributed by atoms with E-state index < -0.39 is 10.8 Å². The zero-order chi connectivity index (χ0) is 20.8. The number of amides is 1. The van der Waals surface area contributed by atoms with Gasteiger partial charge in [0.1, 0.15) is 23.2 Å². The van der Waals surface area contributed by atoms with Gasteiger partial charge in [0.25, 0.3) is 11.6 Å². The number of para-hydroxylation sites is 1. The number of hydrogen-bond acceptors (Lipinski definition) is 5. The van der Waals surface area contributed by atoms with E-state index in [-0.39, 0.29) is 28.8 Å². The van der Waals surface area contributed by atoms with E-state index in [9.17, 15) is 20.2 Å². The molecule has 144 valence electrons. The van der Waals surface area contributed by atoms with Crippen molar-refractivity contribution in [3.63, 3.8) is 0 Å².